The Hall–Kier alpha value is -1.86. The quantitative estimate of drug-likeness (QED) is 0.901. The van der Waals surface area contributed by atoms with Crippen LogP contribution in [-0.4, -0.2) is 54.4 Å². The Bertz CT molecular complexity index is 693. The van der Waals surface area contributed by atoms with E-state index in [-0.39, 0.29) is 5.69 Å². The van der Waals surface area contributed by atoms with Crippen LogP contribution in [0.5, 0.6) is 0 Å². The van der Waals surface area contributed by atoms with Crippen molar-refractivity contribution in [1.82, 2.24) is 10.1 Å². The van der Waals surface area contributed by atoms with Gasteiger partial charge in [-0.05, 0) is 41.2 Å². The largest absolute Gasteiger partial charge is 0.476 e. The highest BCUT2D eigenvalue weighted by Gasteiger charge is 2.18. The van der Waals surface area contributed by atoms with Crippen LogP contribution in [0.2, 0.25) is 0 Å². The summed E-state index contributed by atoms with van der Waals surface area (Å²) in [5.74, 6) is -0.647. The first kappa shape index (κ1) is 15.1. The smallest absolute Gasteiger partial charge is 0.358 e. The highest BCUT2D eigenvalue weighted by Crippen LogP contribution is 2.32. The van der Waals surface area contributed by atoms with Crippen molar-refractivity contribution in [2.24, 2.45) is 0 Å². The van der Waals surface area contributed by atoms with Gasteiger partial charge in [0.1, 0.15) is 0 Å². The van der Waals surface area contributed by atoms with E-state index >= 15 is 0 Å². The van der Waals surface area contributed by atoms with Crippen molar-refractivity contribution in [2.45, 2.75) is 0 Å². The van der Waals surface area contributed by atoms with Gasteiger partial charge in [0.05, 0.1) is 5.69 Å². The standard InChI is InChI=1S/C15H16BrN3O3/c1-18-4-6-19(7-5-18)13-3-2-10(8-11(13)16)14-9-12(15(20)21)17-22-14/h2-3,8-9H,4-7H2,1H3,(H,20,21). The third-order valence-corrected chi connectivity index (χ3v) is 4.44. The van der Waals surface area contributed by atoms with Crippen LogP contribution in [0.3, 0.4) is 0 Å². The van der Waals surface area contributed by atoms with Crippen molar-refractivity contribution >= 4 is 27.6 Å². The Morgan fingerprint density at radius 2 is 2.00 bits per heavy atom. The van der Waals surface area contributed by atoms with Crippen LogP contribution in [0.15, 0.2) is 33.3 Å². The number of anilines is 1. The molecule has 1 aromatic heterocycles. The van der Waals surface area contributed by atoms with E-state index in [1.54, 1.807) is 0 Å². The fraction of sp³-hybridized carbons (Fsp3) is 0.333. The van der Waals surface area contributed by atoms with Crippen LogP contribution >= 0.6 is 15.9 Å². The molecule has 1 aromatic carbocycles. The molecule has 0 aliphatic carbocycles. The normalized spacial score (nSPS) is 16.0. The number of carbonyl (C=O) groups is 1. The average molecular weight is 366 g/mol. The van der Waals surface area contributed by atoms with E-state index in [0.29, 0.717) is 5.76 Å². The van der Waals surface area contributed by atoms with Gasteiger partial charge in [0, 0.05) is 42.3 Å². The highest BCUT2D eigenvalue weighted by molar-refractivity contribution is 9.10. The third-order valence-electron chi connectivity index (χ3n) is 3.81. The van der Waals surface area contributed by atoms with Gasteiger partial charge in [0.2, 0.25) is 0 Å². The second-order valence-corrected chi connectivity index (χ2v) is 6.19. The summed E-state index contributed by atoms with van der Waals surface area (Å²) in [6.07, 6.45) is 0. The molecule has 1 aliphatic heterocycles. The number of hydrogen-bond acceptors (Lipinski definition) is 5. The molecule has 0 radical (unpaired) electrons. The zero-order valence-corrected chi connectivity index (χ0v) is 13.7. The molecule has 1 N–H and O–H groups in total. The molecule has 22 heavy (non-hydrogen) atoms. The van der Waals surface area contributed by atoms with E-state index in [1.807, 2.05) is 18.2 Å². The van der Waals surface area contributed by atoms with E-state index < -0.39 is 5.97 Å². The van der Waals surface area contributed by atoms with Gasteiger partial charge < -0.3 is 19.4 Å². The van der Waals surface area contributed by atoms with Gasteiger partial charge in [-0.1, -0.05) is 5.16 Å². The highest BCUT2D eigenvalue weighted by atomic mass is 79.9. The third kappa shape index (κ3) is 3.00. The number of halogens is 1. The van der Waals surface area contributed by atoms with Gasteiger partial charge in [-0.2, -0.15) is 0 Å². The lowest BCUT2D eigenvalue weighted by Gasteiger charge is -2.34. The van der Waals surface area contributed by atoms with Crippen molar-refractivity contribution in [3.8, 4) is 11.3 Å². The van der Waals surface area contributed by atoms with E-state index in [4.69, 9.17) is 9.63 Å². The zero-order chi connectivity index (χ0) is 15.7. The Balaban J connectivity index is 1.83. The van der Waals surface area contributed by atoms with Crippen molar-refractivity contribution < 1.29 is 14.4 Å². The summed E-state index contributed by atoms with van der Waals surface area (Å²) in [6, 6.07) is 7.30. The molecule has 3 rings (SSSR count). The minimum absolute atomic E-state index is 0.0886. The molecule has 1 saturated heterocycles. The van der Waals surface area contributed by atoms with Crippen molar-refractivity contribution in [3.63, 3.8) is 0 Å². The molecule has 1 fully saturated rings. The second-order valence-electron chi connectivity index (χ2n) is 5.34. The number of carboxylic acids is 1. The zero-order valence-electron chi connectivity index (χ0n) is 12.1. The van der Waals surface area contributed by atoms with Crippen LogP contribution in [0, 0.1) is 0 Å². The minimum Gasteiger partial charge on any atom is -0.476 e. The fourth-order valence-electron chi connectivity index (χ4n) is 2.48. The molecule has 2 heterocycles. The molecule has 0 saturated carbocycles. The number of aromatic nitrogens is 1. The Morgan fingerprint density at radius 3 is 2.59 bits per heavy atom. The molecule has 0 atom stereocenters. The van der Waals surface area contributed by atoms with Crippen LogP contribution in [0.1, 0.15) is 10.5 Å². The summed E-state index contributed by atoms with van der Waals surface area (Å²) in [5, 5.41) is 12.4. The summed E-state index contributed by atoms with van der Waals surface area (Å²) in [7, 11) is 2.12. The maximum atomic E-state index is 10.9. The van der Waals surface area contributed by atoms with Gasteiger partial charge in [-0.25, -0.2) is 4.79 Å². The number of nitrogens with zero attached hydrogens (tertiary/aromatic N) is 3. The molecule has 0 unspecified atom stereocenters. The molecule has 7 heteroatoms. The first-order valence-corrected chi connectivity index (χ1v) is 7.77. The Labute approximate surface area is 136 Å². The van der Waals surface area contributed by atoms with E-state index in [1.165, 1.54) is 6.07 Å². The molecule has 0 amide bonds. The monoisotopic (exact) mass is 365 g/mol. The molecule has 1 aliphatic rings. The lowest BCUT2D eigenvalue weighted by atomic mass is 10.1. The van der Waals surface area contributed by atoms with E-state index in [0.717, 1.165) is 41.9 Å². The molecule has 2 aromatic rings. The lowest BCUT2D eigenvalue weighted by molar-refractivity contribution is 0.0686. The first-order chi connectivity index (χ1) is 10.5. The lowest BCUT2D eigenvalue weighted by Crippen LogP contribution is -2.44. The Kier molecular flexibility index (Phi) is 4.17. The first-order valence-electron chi connectivity index (χ1n) is 6.98. The van der Waals surface area contributed by atoms with Crippen LogP contribution in [-0.2, 0) is 0 Å². The predicted octanol–water partition coefficient (Wildman–Crippen LogP) is 2.55. The number of rotatable bonds is 3. The van der Waals surface area contributed by atoms with Crippen molar-refractivity contribution in [2.75, 3.05) is 38.1 Å². The SMILES string of the molecule is CN1CCN(c2ccc(-c3cc(C(=O)O)no3)cc2Br)CC1. The van der Waals surface area contributed by atoms with Crippen molar-refractivity contribution in [1.29, 1.82) is 0 Å². The molecular weight excluding hydrogens is 350 g/mol. The van der Waals surface area contributed by atoms with Gasteiger partial charge >= 0.3 is 5.97 Å². The summed E-state index contributed by atoms with van der Waals surface area (Å²) >= 11 is 3.60. The van der Waals surface area contributed by atoms with E-state index in [2.05, 4.69) is 37.9 Å². The topological polar surface area (TPSA) is 69.8 Å². The van der Waals surface area contributed by atoms with E-state index in [9.17, 15) is 4.79 Å². The molecule has 116 valence electrons. The summed E-state index contributed by atoms with van der Waals surface area (Å²) in [6.45, 7) is 4.05. The van der Waals surface area contributed by atoms with Gasteiger partial charge in [-0.15, -0.1) is 0 Å². The van der Waals surface area contributed by atoms with Crippen LogP contribution < -0.4 is 4.90 Å². The number of benzene rings is 1. The van der Waals surface area contributed by atoms with Crippen molar-refractivity contribution in [3.05, 3.63) is 34.4 Å². The summed E-state index contributed by atoms with van der Waals surface area (Å²) in [5.41, 5.74) is 1.84. The molecule has 0 bridgehead atoms. The second kappa shape index (κ2) is 6.10. The fourth-order valence-corrected chi connectivity index (χ4v) is 3.11. The maximum absolute atomic E-state index is 10.9. The maximum Gasteiger partial charge on any atom is 0.358 e. The number of aromatic carboxylic acids is 1. The molecular formula is C15H16BrN3O3. The van der Waals surface area contributed by atoms with Gasteiger partial charge in [0.25, 0.3) is 0 Å². The summed E-state index contributed by atoms with van der Waals surface area (Å²) in [4.78, 5) is 15.5. The average Bonchev–Trinajstić information content (AvgIpc) is 2.98. The summed E-state index contributed by atoms with van der Waals surface area (Å²) < 4.78 is 6.06. The number of hydrogen-bond donors (Lipinski definition) is 1. The number of likely N-dealkylation sites (N-methyl/N-ethyl adjacent to an activating group) is 1. The number of carboxylic acid groups (broad SMARTS) is 1. The molecule has 0 spiro atoms. The van der Waals surface area contributed by atoms with Gasteiger partial charge in [-0.3, -0.25) is 0 Å². The van der Waals surface area contributed by atoms with Crippen LogP contribution in [0.4, 0.5) is 5.69 Å². The Morgan fingerprint density at radius 1 is 1.27 bits per heavy atom. The van der Waals surface area contributed by atoms with Gasteiger partial charge in [0.15, 0.2) is 11.5 Å². The minimum atomic E-state index is -1.09. The van der Waals surface area contributed by atoms with Crippen LogP contribution in [0.25, 0.3) is 11.3 Å². The predicted molar refractivity (Wildman–Crippen MR) is 86.3 cm³/mol. The molecule has 6 nitrogen and oxygen atoms in total. The number of piperazine rings is 1.